The van der Waals surface area contributed by atoms with Crippen molar-refractivity contribution in [3.63, 3.8) is 0 Å². The highest BCUT2D eigenvalue weighted by Crippen LogP contribution is 2.53. The molecule has 2 N–H and O–H groups in total. The summed E-state index contributed by atoms with van der Waals surface area (Å²) < 4.78 is 45.1. The van der Waals surface area contributed by atoms with Gasteiger partial charge in [0.25, 0.3) is 0 Å². The molecule has 0 bridgehead atoms. The molecule has 1 aromatic carbocycles. The van der Waals surface area contributed by atoms with E-state index in [1.807, 2.05) is 0 Å². The van der Waals surface area contributed by atoms with Gasteiger partial charge in [0.05, 0.1) is 16.4 Å². The normalized spacial score (nSPS) is 26.4. The van der Waals surface area contributed by atoms with E-state index in [9.17, 15) is 27.9 Å². The Kier molecular flexibility index (Phi) is 6.72. The topological polar surface area (TPSA) is 78.9 Å². The van der Waals surface area contributed by atoms with Gasteiger partial charge in [-0.3, -0.25) is 9.59 Å². The molecule has 4 rings (SSSR count). The van der Waals surface area contributed by atoms with Crippen LogP contribution < -0.4 is 5.32 Å². The molecule has 1 saturated heterocycles. The van der Waals surface area contributed by atoms with Crippen molar-refractivity contribution >= 4 is 11.9 Å². The van der Waals surface area contributed by atoms with Crippen molar-refractivity contribution < 1.29 is 32.6 Å². The summed E-state index contributed by atoms with van der Waals surface area (Å²) in [6.45, 7) is 5.00. The Morgan fingerprint density at radius 2 is 1.82 bits per heavy atom. The Labute approximate surface area is 197 Å². The second-order valence-corrected chi connectivity index (χ2v) is 10.5. The van der Waals surface area contributed by atoms with Gasteiger partial charge in [-0.25, -0.2) is 0 Å². The highest BCUT2D eigenvalue weighted by Gasteiger charge is 2.60. The fourth-order valence-electron chi connectivity index (χ4n) is 5.83. The summed E-state index contributed by atoms with van der Waals surface area (Å²) >= 11 is 0. The lowest BCUT2D eigenvalue weighted by molar-refractivity contribution is -0.167. The molecule has 0 unspecified atom stereocenters. The van der Waals surface area contributed by atoms with E-state index in [-0.39, 0.29) is 24.5 Å². The molecule has 2 fully saturated rings. The largest absolute Gasteiger partial charge is 0.481 e. The van der Waals surface area contributed by atoms with Crippen LogP contribution in [0.15, 0.2) is 18.2 Å². The van der Waals surface area contributed by atoms with Gasteiger partial charge in [-0.05, 0) is 75.6 Å². The minimum Gasteiger partial charge on any atom is -0.481 e. The third-order valence-electron chi connectivity index (χ3n) is 8.18. The highest BCUT2D eigenvalue weighted by molar-refractivity contribution is 5.91. The second kappa shape index (κ2) is 9.15. The van der Waals surface area contributed by atoms with Crippen LogP contribution in [0, 0.1) is 10.8 Å². The third-order valence-corrected chi connectivity index (χ3v) is 8.18. The molecule has 6 nitrogen and oxygen atoms in total. The number of nitrogens with one attached hydrogen (secondary N) is 1. The fourth-order valence-corrected chi connectivity index (χ4v) is 5.83. The average molecular weight is 483 g/mol. The number of rotatable bonds is 5. The van der Waals surface area contributed by atoms with Crippen LogP contribution >= 0.6 is 0 Å². The van der Waals surface area contributed by atoms with Crippen molar-refractivity contribution in [2.75, 3.05) is 19.8 Å². The molecule has 2 atom stereocenters. The number of fused-ring (bicyclic) bond motifs is 1. The van der Waals surface area contributed by atoms with Crippen LogP contribution in [0.1, 0.15) is 62.6 Å². The zero-order chi connectivity index (χ0) is 24.7. The lowest BCUT2D eigenvalue weighted by atomic mass is 9.63. The minimum absolute atomic E-state index is 0.0135. The number of amides is 1. The maximum Gasteiger partial charge on any atom is 0.416 e. The number of hydrogen-bond donors (Lipinski definition) is 2. The third kappa shape index (κ3) is 4.56. The van der Waals surface area contributed by atoms with Crippen molar-refractivity contribution in [3.8, 4) is 0 Å². The van der Waals surface area contributed by atoms with Crippen LogP contribution in [0.4, 0.5) is 13.2 Å². The summed E-state index contributed by atoms with van der Waals surface area (Å²) in [7, 11) is 0. The van der Waals surface area contributed by atoms with E-state index in [2.05, 4.69) is 5.32 Å². The van der Waals surface area contributed by atoms with Crippen molar-refractivity contribution in [1.82, 2.24) is 10.2 Å². The average Bonchev–Trinajstić information content (AvgIpc) is 3.23. The molecule has 0 aromatic heterocycles. The number of benzene rings is 1. The van der Waals surface area contributed by atoms with Gasteiger partial charge in [0.15, 0.2) is 0 Å². The second-order valence-electron chi connectivity index (χ2n) is 10.5. The first-order valence-corrected chi connectivity index (χ1v) is 12.0. The van der Waals surface area contributed by atoms with Crippen LogP contribution in [0.2, 0.25) is 0 Å². The van der Waals surface area contributed by atoms with Crippen molar-refractivity contribution in [1.29, 1.82) is 0 Å². The number of carbonyl (C=O) groups excluding carboxylic acids is 1. The first-order chi connectivity index (χ1) is 15.9. The number of aliphatic carboxylic acids is 1. The van der Waals surface area contributed by atoms with E-state index in [0.717, 1.165) is 30.5 Å². The van der Waals surface area contributed by atoms with Crippen molar-refractivity contribution in [2.45, 2.75) is 77.2 Å². The van der Waals surface area contributed by atoms with Gasteiger partial charge in [0.2, 0.25) is 5.91 Å². The van der Waals surface area contributed by atoms with E-state index in [4.69, 9.17) is 4.74 Å². The number of carboxylic acids is 1. The number of nitrogens with zero attached hydrogens (tertiary/aromatic N) is 1. The lowest BCUT2D eigenvalue weighted by Gasteiger charge is -2.44. The molecular formula is C25H33F3N2O4. The number of carboxylic acid groups (broad SMARTS) is 1. The van der Waals surface area contributed by atoms with Crippen LogP contribution in [-0.4, -0.2) is 53.7 Å². The molecule has 1 saturated carbocycles. The summed E-state index contributed by atoms with van der Waals surface area (Å²) in [5.41, 5.74) is -1.89. The van der Waals surface area contributed by atoms with E-state index < -0.39 is 28.5 Å². The summed E-state index contributed by atoms with van der Waals surface area (Å²) in [6, 6.07) is 3.98. The predicted octanol–water partition coefficient (Wildman–Crippen LogP) is 4.01. The standard InChI is InChI=1S/C25H33F3N2O4/c1-23(2,22(32)33)24(9-5-20(14-24)29-19-7-11-34-12-8-19)21(31)30-10-6-16-3-4-18(25(26,27)28)13-17(16)15-30/h3-4,13,19-20,29H,5-12,14-15H2,1-2H3,(H,32,33)/t20-,24-/m1/s1. The van der Waals surface area contributed by atoms with Crippen molar-refractivity contribution in [2.24, 2.45) is 10.8 Å². The zero-order valence-electron chi connectivity index (χ0n) is 19.7. The van der Waals surface area contributed by atoms with Crippen LogP contribution in [0.3, 0.4) is 0 Å². The van der Waals surface area contributed by atoms with Crippen LogP contribution in [0.5, 0.6) is 0 Å². The number of halogens is 3. The summed E-state index contributed by atoms with van der Waals surface area (Å²) in [4.78, 5) is 27.9. The summed E-state index contributed by atoms with van der Waals surface area (Å²) in [5.74, 6) is -1.30. The molecule has 2 aliphatic heterocycles. The Hall–Kier alpha value is -2.13. The maximum absolute atomic E-state index is 14.0. The smallest absolute Gasteiger partial charge is 0.416 e. The lowest BCUT2D eigenvalue weighted by Crippen LogP contribution is -2.55. The molecule has 9 heteroatoms. The Morgan fingerprint density at radius 1 is 1.12 bits per heavy atom. The number of carbonyl (C=O) groups is 2. The van der Waals surface area contributed by atoms with Crippen LogP contribution in [0.25, 0.3) is 0 Å². The van der Waals surface area contributed by atoms with E-state index in [0.29, 0.717) is 51.0 Å². The molecule has 3 aliphatic rings. The monoisotopic (exact) mass is 482 g/mol. The Balaban J connectivity index is 1.58. The number of hydrogen-bond acceptors (Lipinski definition) is 4. The molecular weight excluding hydrogens is 449 g/mol. The van der Waals surface area contributed by atoms with E-state index in [1.54, 1.807) is 18.7 Å². The SMILES string of the molecule is CC(C)(C(=O)O)[C@]1(C(=O)N2CCc3ccc(C(F)(F)F)cc3C2)CC[C@@H](NC2CCOCC2)C1. The molecule has 1 aliphatic carbocycles. The predicted molar refractivity (Wildman–Crippen MR) is 119 cm³/mol. The summed E-state index contributed by atoms with van der Waals surface area (Å²) in [5, 5.41) is 13.7. The molecule has 0 radical (unpaired) electrons. The van der Waals surface area contributed by atoms with Gasteiger partial charge >= 0.3 is 12.1 Å². The molecule has 2 heterocycles. The fraction of sp³-hybridized carbons (Fsp3) is 0.680. The van der Waals surface area contributed by atoms with E-state index >= 15 is 0 Å². The number of alkyl halides is 3. The Morgan fingerprint density at radius 3 is 2.47 bits per heavy atom. The molecule has 1 amide bonds. The van der Waals surface area contributed by atoms with Gasteiger partial charge in [-0.1, -0.05) is 6.07 Å². The van der Waals surface area contributed by atoms with Gasteiger partial charge in [-0.2, -0.15) is 13.2 Å². The maximum atomic E-state index is 14.0. The first-order valence-electron chi connectivity index (χ1n) is 12.0. The molecule has 0 spiro atoms. The quantitative estimate of drug-likeness (QED) is 0.663. The molecule has 34 heavy (non-hydrogen) atoms. The highest BCUT2D eigenvalue weighted by atomic mass is 19.4. The molecule has 1 aromatic rings. The summed E-state index contributed by atoms with van der Waals surface area (Å²) in [6.07, 6.45) is -0.738. The van der Waals surface area contributed by atoms with Crippen molar-refractivity contribution in [3.05, 3.63) is 34.9 Å². The first kappa shape index (κ1) is 25.0. The van der Waals surface area contributed by atoms with Gasteiger partial charge in [-0.15, -0.1) is 0 Å². The minimum atomic E-state index is -4.46. The number of ether oxygens (including phenoxy) is 1. The molecule has 188 valence electrons. The van der Waals surface area contributed by atoms with Gasteiger partial charge in [0.1, 0.15) is 0 Å². The van der Waals surface area contributed by atoms with Crippen LogP contribution in [-0.2, 0) is 33.5 Å². The zero-order valence-corrected chi connectivity index (χ0v) is 19.7. The van der Waals surface area contributed by atoms with E-state index in [1.165, 1.54) is 6.07 Å². The van der Waals surface area contributed by atoms with Gasteiger partial charge < -0.3 is 20.1 Å². The van der Waals surface area contributed by atoms with Gasteiger partial charge in [0, 0.05) is 38.4 Å². The Bertz CT molecular complexity index is 943.